The van der Waals surface area contributed by atoms with Crippen LogP contribution in [-0.2, 0) is 16.8 Å². The summed E-state index contributed by atoms with van der Waals surface area (Å²) in [6.45, 7) is 3.40. The summed E-state index contributed by atoms with van der Waals surface area (Å²) < 4.78 is 0.993. The number of nitrogens with zero attached hydrogens (tertiary/aromatic N) is 2. The van der Waals surface area contributed by atoms with E-state index in [0.29, 0.717) is 22.8 Å². The SMILES string of the molecule is CC(C)(O)c1ccccc1CCC(=O)Nc1cc(-n2ncc(=O)[nH]c2=O)ccc1Cl. The number of H-pyrrole nitrogens is 1. The van der Waals surface area contributed by atoms with Gasteiger partial charge in [0.15, 0.2) is 0 Å². The molecule has 0 aliphatic heterocycles. The molecule has 0 fully saturated rings. The molecule has 1 amide bonds. The number of aromatic amines is 1. The predicted octanol–water partition coefficient (Wildman–Crippen LogP) is 2.37. The molecule has 0 aliphatic rings. The molecule has 8 nitrogen and oxygen atoms in total. The summed E-state index contributed by atoms with van der Waals surface area (Å²) in [5, 5.41) is 17.1. The van der Waals surface area contributed by atoms with E-state index in [9.17, 15) is 19.5 Å². The fourth-order valence-electron chi connectivity index (χ4n) is 3.07. The number of halogens is 1. The number of rotatable bonds is 6. The van der Waals surface area contributed by atoms with E-state index < -0.39 is 16.9 Å². The number of aliphatic hydroxyl groups is 1. The first-order valence-corrected chi connectivity index (χ1v) is 9.62. The highest BCUT2D eigenvalue weighted by atomic mass is 35.5. The number of carbonyl (C=O) groups excluding carboxylic acids is 1. The molecule has 1 heterocycles. The molecule has 2 aromatic carbocycles. The van der Waals surface area contributed by atoms with Gasteiger partial charge in [-0.3, -0.25) is 14.6 Å². The number of aromatic nitrogens is 3. The average Bonchev–Trinajstić information content (AvgIpc) is 2.68. The minimum atomic E-state index is -1.01. The molecular formula is C21H21ClN4O4. The van der Waals surface area contributed by atoms with Gasteiger partial charge in [-0.05, 0) is 49.6 Å². The second-order valence-electron chi connectivity index (χ2n) is 7.28. The largest absolute Gasteiger partial charge is 0.386 e. The average molecular weight is 429 g/mol. The normalized spacial score (nSPS) is 11.3. The second kappa shape index (κ2) is 8.64. The maximum atomic E-state index is 12.5. The Morgan fingerprint density at radius 3 is 2.67 bits per heavy atom. The Bertz CT molecular complexity index is 1190. The third-order valence-electron chi connectivity index (χ3n) is 4.48. The molecule has 0 atom stereocenters. The molecule has 156 valence electrons. The quantitative estimate of drug-likeness (QED) is 0.557. The zero-order chi connectivity index (χ0) is 21.9. The third-order valence-corrected chi connectivity index (χ3v) is 4.81. The predicted molar refractivity (Wildman–Crippen MR) is 114 cm³/mol. The van der Waals surface area contributed by atoms with Crippen LogP contribution in [0, 0.1) is 0 Å². The lowest BCUT2D eigenvalue weighted by atomic mass is 9.91. The number of benzene rings is 2. The van der Waals surface area contributed by atoms with Crippen LogP contribution in [0.2, 0.25) is 5.02 Å². The number of amides is 1. The van der Waals surface area contributed by atoms with E-state index >= 15 is 0 Å². The molecular weight excluding hydrogens is 408 g/mol. The van der Waals surface area contributed by atoms with Crippen molar-refractivity contribution in [3.8, 4) is 5.69 Å². The molecule has 30 heavy (non-hydrogen) atoms. The van der Waals surface area contributed by atoms with Crippen LogP contribution < -0.4 is 16.6 Å². The zero-order valence-electron chi connectivity index (χ0n) is 16.5. The van der Waals surface area contributed by atoms with Gasteiger partial charge in [-0.1, -0.05) is 35.9 Å². The summed E-state index contributed by atoms with van der Waals surface area (Å²) >= 11 is 6.18. The highest BCUT2D eigenvalue weighted by molar-refractivity contribution is 6.33. The fraction of sp³-hybridized carbons (Fsp3) is 0.238. The molecule has 1 aromatic heterocycles. The van der Waals surface area contributed by atoms with Gasteiger partial charge < -0.3 is 10.4 Å². The minimum Gasteiger partial charge on any atom is -0.386 e. The van der Waals surface area contributed by atoms with Crippen molar-refractivity contribution in [2.24, 2.45) is 0 Å². The van der Waals surface area contributed by atoms with Gasteiger partial charge in [-0.15, -0.1) is 0 Å². The first-order chi connectivity index (χ1) is 14.1. The Hall–Kier alpha value is -3.23. The van der Waals surface area contributed by atoms with Gasteiger partial charge in [0.05, 0.1) is 22.0 Å². The van der Waals surface area contributed by atoms with Gasteiger partial charge in [0.2, 0.25) is 5.91 Å². The molecule has 3 N–H and O–H groups in total. The van der Waals surface area contributed by atoms with Gasteiger partial charge in [0.1, 0.15) is 6.20 Å². The number of nitrogens with one attached hydrogen (secondary N) is 2. The minimum absolute atomic E-state index is 0.171. The molecule has 0 spiro atoms. The van der Waals surface area contributed by atoms with E-state index in [2.05, 4.69) is 15.4 Å². The van der Waals surface area contributed by atoms with Gasteiger partial charge >= 0.3 is 5.69 Å². The van der Waals surface area contributed by atoms with E-state index in [1.165, 1.54) is 12.1 Å². The maximum Gasteiger partial charge on any atom is 0.349 e. The Labute approximate surface area is 177 Å². The number of hydrogen-bond donors (Lipinski definition) is 3. The first kappa shape index (κ1) is 21.5. The lowest BCUT2D eigenvalue weighted by Crippen LogP contribution is -2.30. The Kier molecular flexibility index (Phi) is 6.19. The first-order valence-electron chi connectivity index (χ1n) is 9.24. The smallest absolute Gasteiger partial charge is 0.349 e. The van der Waals surface area contributed by atoms with Crippen molar-refractivity contribution in [3.63, 3.8) is 0 Å². The van der Waals surface area contributed by atoms with Crippen LogP contribution in [0.3, 0.4) is 0 Å². The number of anilines is 1. The third kappa shape index (κ3) is 5.03. The molecule has 9 heteroatoms. The highest BCUT2D eigenvalue weighted by Crippen LogP contribution is 2.26. The second-order valence-corrected chi connectivity index (χ2v) is 7.69. The van der Waals surface area contributed by atoms with Gasteiger partial charge in [0.25, 0.3) is 5.56 Å². The van der Waals surface area contributed by atoms with E-state index in [1.807, 2.05) is 24.3 Å². The zero-order valence-corrected chi connectivity index (χ0v) is 17.2. The van der Waals surface area contributed by atoms with Crippen LogP contribution in [-0.4, -0.2) is 25.8 Å². The van der Waals surface area contributed by atoms with Crippen molar-refractivity contribution in [1.82, 2.24) is 14.8 Å². The van der Waals surface area contributed by atoms with Crippen molar-refractivity contribution >= 4 is 23.2 Å². The molecule has 3 rings (SSSR count). The Balaban J connectivity index is 1.76. The van der Waals surface area contributed by atoms with Crippen molar-refractivity contribution in [2.75, 3.05) is 5.32 Å². The number of aryl methyl sites for hydroxylation is 1. The van der Waals surface area contributed by atoms with Crippen LogP contribution in [0.25, 0.3) is 5.69 Å². The van der Waals surface area contributed by atoms with Crippen LogP contribution in [0.5, 0.6) is 0 Å². The maximum absolute atomic E-state index is 12.5. The molecule has 0 radical (unpaired) electrons. The summed E-state index contributed by atoms with van der Waals surface area (Å²) in [5.74, 6) is -0.277. The van der Waals surface area contributed by atoms with Crippen molar-refractivity contribution in [2.45, 2.75) is 32.3 Å². The number of hydrogen-bond acceptors (Lipinski definition) is 5. The van der Waals surface area contributed by atoms with Crippen molar-refractivity contribution in [1.29, 1.82) is 0 Å². The summed E-state index contributed by atoms with van der Waals surface area (Å²) in [4.78, 5) is 37.7. The van der Waals surface area contributed by atoms with Crippen LogP contribution in [0.15, 0.2) is 58.3 Å². The molecule has 0 aliphatic carbocycles. The Morgan fingerprint density at radius 2 is 1.97 bits per heavy atom. The lowest BCUT2D eigenvalue weighted by Gasteiger charge is -2.21. The highest BCUT2D eigenvalue weighted by Gasteiger charge is 2.19. The summed E-state index contributed by atoms with van der Waals surface area (Å²) in [6.07, 6.45) is 1.59. The van der Waals surface area contributed by atoms with E-state index in [0.717, 1.165) is 22.0 Å². The molecule has 0 unspecified atom stereocenters. The van der Waals surface area contributed by atoms with E-state index in [4.69, 9.17) is 11.6 Å². The number of carbonyl (C=O) groups is 1. The van der Waals surface area contributed by atoms with E-state index in [1.54, 1.807) is 19.9 Å². The van der Waals surface area contributed by atoms with E-state index in [-0.39, 0.29) is 12.3 Å². The Morgan fingerprint density at radius 1 is 1.23 bits per heavy atom. The topological polar surface area (TPSA) is 117 Å². The monoisotopic (exact) mass is 428 g/mol. The summed E-state index contributed by atoms with van der Waals surface area (Å²) in [5.41, 5.74) is -0.0272. The molecule has 0 saturated heterocycles. The van der Waals surface area contributed by atoms with Crippen LogP contribution in [0.1, 0.15) is 31.4 Å². The van der Waals surface area contributed by atoms with Crippen molar-refractivity contribution in [3.05, 3.63) is 85.6 Å². The molecule has 0 bridgehead atoms. The fourth-order valence-corrected chi connectivity index (χ4v) is 3.24. The van der Waals surface area contributed by atoms with Crippen LogP contribution >= 0.6 is 11.6 Å². The molecule has 3 aromatic rings. The van der Waals surface area contributed by atoms with Crippen LogP contribution in [0.4, 0.5) is 5.69 Å². The summed E-state index contributed by atoms with van der Waals surface area (Å²) in [6, 6.07) is 12.0. The van der Waals surface area contributed by atoms with Gasteiger partial charge in [0, 0.05) is 6.42 Å². The lowest BCUT2D eigenvalue weighted by molar-refractivity contribution is -0.116. The van der Waals surface area contributed by atoms with Gasteiger partial charge in [-0.2, -0.15) is 9.78 Å². The molecule has 0 saturated carbocycles. The standard InChI is InChI=1S/C21H21ClN4O4/c1-21(2,30)15-6-4-3-5-13(15)7-10-18(27)24-17-11-14(8-9-16(17)22)26-20(29)25-19(28)12-23-26/h3-6,8-9,11-12,30H,7,10H2,1-2H3,(H,24,27)(H,25,28,29). The van der Waals surface area contributed by atoms with Gasteiger partial charge in [-0.25, -0.2) is 4.79 Å². The summed E-state index contributed by atoms with van der Waals surface area (Å²) in [7, 11) is 0. The van der Waals surface area contributed by atoms with Crippen molar-refractivity contribution < 1.29 is 9.90 Å².